The van der Waals surface area contributed by atoms with E-state index < -0.39 is 0 Å². The Hall–Kier alpha value is 0.989. The molecular formula is C17H37N4OS2Tc. The van der Waals surface area contributed by atoms with Gasteiger partial charge in [0.15, 0.2) is 0 Å². The van der Waals surface area contributed by atoms with E-state index in [1.807, 2.05) is 27.7 Å². The molecular weight excluding hydrogens is 438 g/mol. The third-order valence-electron chi connectivity index (χ3n) is 3.23. The molecule has 0 saturated heterocycles. The monoisotopic (exact) mass is 474 g/mol. The molecule has 1 atom stereocenters. The van der Waals surface area contributed by atoms with Crippen molar-refractivity contribution in [1.29, 1.82) is 0 Å². The van der Waals surface area contributed by atoms with Crippen LogP contribution in [0, 0.1) is 0 Å². The van der Waals surface area contributed by atoms with Gasteiger partial charge >= 0.3 is 23.8 Å². The first-order valence-corrected chi connectivity index (χ1v) is 10.2. The van der Waals surface area contributed by atoms with E-state index in [-0.39, 0.29) is 17.0 Å². The molecule has 0 rings (SSSR count). The molecule has 0 N–H and O–H groups in total. The first kappa shape index (κ1) is 28.2. The van der Waals surface area contributed by atoms with Crippen LogP contribution in [-0.2, 0) is 47.6 Å². The number of likely N-dealkylation sites (N-methyl/N-ethyl adjacent to an activating group) is 1. The third kappa shape index (κ3) is 22.9. The summed E-state index contributed by atoms with van der Waals surface area (Å²) in [6.07, 6.45) is 1.17. The van der Waals surface area contributed by atoms with Gasteiger partial charge in [0, 0.05) is 0 Å². The maximum absolute atomic E-state index is 8.22. The van der Waals surface area contributed by atoms with Gasteiger partial charge in [-0.2, -0.15) is 29.1 Å². The van der Waals surface area contributed by atoms with E-state index in [4.69, 9.17) is 34.1 Å². The van der Waals surface area contributed by atoms with Crippen LogP contribution in [0.5, 0.6) is 0 Å². The standard InChI is InChI=1S/C17H38N4S2.O.Tc/c1-16(2,22)13-18-11-15(19-14-17(3,4)23)12-21(7)10-8-9-20(5)6;;/h15,22-23H,8-14H2,1-7H3;;/q-2;;+3/p-1. The van der Waals surface area contributed by atoms with Gasteiger partial charge in [-0.05, 0) is 47.2 Å². The van der Waals surface area contributed by atoms with Gasteiger partial charge < -0.3 is 45.7 Å². The number of rotatable bonds is 13. The maximum atomic E-state index is 8.22. The summed E-state index contributed by atoms with van der Waals surface area (Å²) in [5.41, 5.74) is 0. The first-order valence-electron chi connectivity index (χ1n) is 8.58. The fourth-order valence-electron chi connectivity index (χ4n) is 2.11. The molecule has 0 amide bonds. The van der Waals surface area contributed by atoms with Crippen LogP contribution in [0.1, 0.15) is 35.5 Å². The second kappa shape index (κ2) is 15.0. The molecule has 0 saturated carbocycles. The third-order valence-corrected chi connectivity index (χ3v) is 3.49. The Morgan fingerprint density at radius 3 is 1.96 bits per heavy atom. The summed E-state index contributed by atoms with van der Waals surface area (Å²) in [6.45, 7) is 13.4. The molecule has 5 nitrogen and oxygen atoms in total. The van der Waals surface area contributed by atoms with Crippen LogP contribution < -0.4 is 0 Å². The van der Waals surface area contributed by atoms with Gasteiger partial charge in [-0.15, -0.1) is 6.04 Å². The van der Waals surface area contributed by atoms with Gasteiger partial charge in [0.2, 0.25) is 0 Å². The van der Waals surface area contributed by atoms with E-state index >= 15 is 0 Å². The molecule has 0 aromatic heterocycles. The Morgan fingerprint density at radius 1 is 1.00 bits per heavy atom. The van der Waals surface area contributed by atoms with E-state index in [0.717, 1.165) is 45.0 Å². The molecule has 0 aliphatic heterocycles. The zero-order valence-electron chi connectivity index (χ0n) is 17.9. The zero-order chi connectivity index (χ0) is 20.1. The van der Waals surface area contributed by atoms with E-state index in [9.17, 15) is 0 Å². The Morgan fingerprint density at radius 2 is 1.52 bits per heavy atom. The van der Waals surface area contributed by atoms with Gasteiger partial charge in [-0.25, -0.2) is 0 Å². The topological polar surface area (TPSA) is 51.8 Å². The van der Waals surface area contributed by atoms with Crippen LogP contribution in [0.4, 0.5) is 0 Å². The molecule has 0 fully saturated rings. The number of hydrogen-bond acceptors (Lipinski definition) is 5. The van der Waals surface area contributed by atoms with Crippen molar-refractivity contribution >= 4 is 25.3 Å². The number of nitrogens with zero attached hydrogens (tertiary/aromatic N) is 4. The van der Waals surface area contributed by atoms with Crippen molar-refractivity contribution in [2.24, 2.45) is 0 Å². The first-order chi connectivity index (χ1) is 11.4. The van der Waals surface area contributed by atoms with Crippen molar-refractivity contribution < 1.29 is 23.8 Å². The van der Waals surface area contributed by atoms with Gasteiger partial charge in [-0.1, -0.05) is 27.7 Å². The molecule has 150 valence electrons. The van der Waals surface area contributed by atoms with Crippen LogP contribution in [0.15, 0.2) is 0 Å². The van der Waals surface area contributed by atoms with Crippen LogP contribution in [0.2, 0.25) is 0 Å². The Kier molecular flexibility index (Phi) is 16.9. The minimum absolute atomic E-state index is 0. The van der Waals surface area contributed by atoms with Crippen LogP contribution in [-0.4, -0.2) is 85.7 Å². The van der Waals surface area contributed by atoms with Crippen molar-refractivity contribution in [3.8, 4) is 0 Å². The van der Waals surface area contributed by atoms with Gasteiger partial charge in [0.05, 0.1) is 0 Å². The summed E-state index contributed by atoms with van der Waals surface area (Å²) in [6, 6.07) is 0.207. The molecule has 0 radical (unpaired) electrons. The molecule has 25 heavy (non-hydrogen) atoms. The zero-order valence-corrected chi connectivity index (χ0v) is 20.4. The molecule has 0 bridgehead atoms. The Balaban J connectivity index is -0.00000170. The van der Waals surface area contributed by atoms with Crippen molar-refractivity contribution in [1.82, 2.24) is 9.80 Å². The molecule has 0 aliphatic carbocycles. The van der Waals surface area contributed by atoms with Gasteiger partial charge in [-0.3, -0.25) is 0 Å². The Labute approximate surface area is 179 Å². The van der Waals surface area contributed by atoms with Gasteiger partial charge in [0.1, 0.15) is 0 Å². The summed E-state index contributed by atoms with van der Waals surface area (Å²) in [5.74, 6) is 0. The normalized spacial score (nSPS) is 13.7. The van der Waals surface area contributed by atoms with Crippen molar-refractivity contribution in [2.45, 2.75) is 49.7 Å². The van der Waals surface area contributed by atoms with Crippen LogP contribution in [0.25, 0.3) is 10.6 Å². The van der Waals surface area contributed by atoms with Crippen LogP contribution >= 0.6 is 0 Å². The summed E-state index contributed by atoms with van der Waals surface area (Å²) in [7, 11) is 6.38. The Bertz CT molecular complexity index is 329. The fourth-order valence-corrected chi connectivity index (χ4v) is 2.28. The molecule has 0 spiro atoms. The molecule has 0 aromatic rings. The van der Waals surface area contributed by atoms with E-state index in [0.29, 0.717) is 13.1 Å². The minimum atomic E-state index is -0.182. The summed E-state index contributed by atoms with van der Waals surface area (Å²) in [5, 5.41) is 9.45. The quantitative estimate of drug-likeness (QED) is 0.384. The van der Waals surface area contributed by atoms with Crippen molar-refractivity contribution in [2.75, 3.05) is 60.4 Å². The van der Waals surface area contributed by atoms with Crippen LogP contribution in [0.3, 0.4) is 0 Å². The summed E-state index contributed by atoms with van der Waals surface area (Å²) in [4.78, 5) is 4.57. The second-order valence-electron chi connectivity index (χ2n) is 8.00. The SMILES string of the molecule is CN(C)CCCN(C)CC(C[N-]CC(C)(C)[S-])[N-]CC(C)(C)[S-].[H+].[O]=[Tc+3]. The van der Waals surface area contributed by atoms with Crippen molar-refractivity contribution in [3.63, 3.8) is 0 Å². The average molecular weight is 476 g/mol. The average Bonchev–Trinajstić information content (AvgIpc) is 2.44. The van der Waals surface area contributed by atoms with E-state index in [1.54, 1.807) is 0 Å². The number of hydrogen-bond donors (Lipinski definition) is 0. The van der Waals surface area contributed by atoms with Crippen molar-refractivity contribution in [3.05, 3.63) is 10.6 Å². The summed E-state index contributed by atoms with van der Waals surface area (Å²) < 4.78 is 7.87. The molecule has 0 aromatic carbocycles. The molecule has 8 heteroatoms. The van der Waals surface area contributed by atoms with E-state index in [2.05, 4.69) is 36.3 Å². The molecule has 0 heterocycles. The van der Waals surface area contributed by atoms with E-state index in [1.165, 1.54) is 6.42 Å². The predicted octanol–water partition coefficient (Wildman–Crippen LogP) is 2.63. The van der Waals surface area contributed by atoms with Gasteiger partial charge in [0.25, 0.3) is 0 Å². The second-order valence-corrected chi connectivity index (χ2v) is 10.2. The molecule has 0 aliphatic rings. The fraction of sp³-hybridized carbons (Fsp3) is 1.00. The predicted molar refractivity (Wildman–Crippen MR) is 110 cm³/mol. The molecule has 1 unspecified atom stereocenters. The summed E-state index contributed by atoms with van der Waals surface area (Å²) >= 11 is 11.7.